The molecule has 1 spiro atoms. The average molecular weight is 628 g/mol. The van der Waals surface area contributed by atoms with Gasteiger partial charge in [-0.3, -0.25) is 14.4 Å². The number of para-hydroxylation sites is 2. The van der Waals surface area contributed by atoms with Crippen LogP contribution >= 0.6 is 0 Å². The number of unbranched alkanes of at least 4 members (excludes halogenated alkanes) is 3. The van der Waals surface area contributed by atoms with Crippen LogP contribution < -0.4 is 9.80 Å². The minimum Gasteiger partial charge on any atom is -0.396 e. The molecule has 2 unspecified atom stereocenters. The molecule has 1 N–H and O–H groups in total. The number of likely N-dealkylation sites (tertiary alicyclic amines) is 1. The molecule has 3 saturated heterocycles. The molecule has 2 aromatic rings. The Morgan fingerprint density at radius 1 is 0.935 bits per heavy atom. The first kappa shape index (κ1) is 33.6. The van der Waals surface area contributed by atoms with Crippen molar-refractivity contribution in [3.63, 3.8) is 0 Å². The van der Waals surface area contributed by atoms with Crippen LogP contribution in [0, 0.1) is 25.7 Å². The molecule has 3 aliphatic rings. The van der Waals surface area contributed by atoms with Gasteiger partial charge in [0.2, 0.25) is 11.8 Å². The number of hydrogen-bond donors (Lipinski definition) is 1. The lowest BCUT2D eigenvalue weighted by atomic mass is 9.64. The van der Waals surface area contributed by atoms with Gasteiger partial charge in [0.1, 0.15) is 11.6 Å². The zero-order valence-corrected chi connectivity index (χ0v) is 27.6. The molecule has 0 saturated carbocycles. The van der Waals surface area contributed by atoms with Gasteiger partial charge < -0.3 is 24.5 Å². The van der Waals surface area contributed by atoms with Gasteiger partial charge in [0, 0.05) is 37.6 Å². The summed E-state index contributed by atoms with van der Waals surface area (Å²) in [4.78, 5) is 49.7. The lowest BCUT2D eigenvalue weighted by Crippen LogP contribution is -2.57. The molecule has 0 aromatic heterocycles. The third-order valence-corrected chi connectivity index (χ3v) is 10.4. The van der Waals surface area contributed by atoms with Crippen molar-refractivity contribution in [2.45, 2.75) is 83.0 Å². The van der Waals surface area contributed by atoms with E-state index in [9.17, 15) is 14.7 Å². The summed E-state index contributed by atoms with van der Waals surface area (Å²) < 4.78 is 7.08. The van der Waals surface area contributed by atoms with Gasteiger partial charge in [-0.15, -0.1) is 13.2 Å². The number of aryl methyl sites for hydroxylation is 2. The number of nitrogens with zero attached hydrogens (tertiary/aromatic N) is 3. The Kier molecular flexibility index (Phi) is 10.2. The maximum atomic E-state index is 15.0. The molecule has 2 bridgehead atoms. The zero-order chi connectivity index (χ0) is 33.1. The van der Waals surface area contributed by atoms with Gasteiger partial charge >= 0.3 is 0 Å². The Morgan fingerprint density at radius 3 is 2.22 bits per heavy atom. The molecule has 3 heterocycles. The molecular weight excluding hydrogens is 578 g/mol. The second-order valence-electron chi connectivity index (χ2n) is 13.1. The summed E-state index contributed by atoms with van der Waals surface area (Å²) >= 11 is 0. The first-order valence-corrected chi connectivity index (χ1v) is 16.8. The van der Waals surface area contributed by atoms with Crippen molar-refractivity contribution in [3.05, 3.63) is 85.0 Å². The van der Waals surface area contributed by atoms with Crippen LogP contribution in [0.2, 0.25) is 0 Å². The van der Waals surface area contributed by atoms with Gasteiger partial charge in [0.05, 0.1) is 17.4 Å². The second-order valence-corrected chi connectivity index (χ2v) is 13.1. The highest BCUT2D eigenvalue weighted by molar-refractivity contribution is 6.07. The van der Waals surface area contributed by atoms with E-state index in [-0.39, 0.29) is 30.9 Å². The van der Waals surface area contributed by atoms with Crippen molar-refractivity contribution in [1.29, 1.82) is 0 Å². The van der Waals surface area contributed by atoms with Gasteiger partial charge in [0.15, 0.2) is 0 Å². The average Bonchev–Trinajstić information content (AvgIpc) is 3.66. The topological polar surface area (TPSA) is 90.4 Å². The first-order chi connectivity index (χ1) is 22.2. The first-order valence-electron chi connectivity index (χ1n) is 16.8. The van der Waals surface area contributed by atoms with Crippen LogP contribution in [0.4, 0.5) is 11.4 Å². The van der Waals surface area contributed by atoms with E-state index in [2.05, 4.69) is 13.2 Å². The van der Waals surface area contributed by atoms with Gasteiger partial charge in [-0.2, -0.15) is 0 Å². The van der Waals surface area contributed by atoms with E-state index in [1.165, 1.54) is 0 Å². The van der Waals surface area contributed by atoms with Crippen molar-refractivity contribution in [2.75, 3.05) is 36.0 Å². The molecule has 2 aromatic carbocycles. The Morgan fingerprint density at radius 2 is 1.59 bits per heavy atom. The van der Waals surface area contributed by atoms with Gasteiger partial charge in [-0.05, 0) is 69.2 Å². The number of benzene rings is 2. The summed E-state index contributed by atoms with van der Waals surface area (Å²) in [6.45, 7) is 14.9. The Bertz CT molecular complexity index is 1440. The quantitative estimate of drug-likeness (QED) is 0.201. The lowest BCUT2D eigenvalue weighted by Gasteiger charge is -2.37. The number of carbonyl (C=O) groups excluding carboxylic acids is 3. The summed E-state index contributed by atoms with van der Waals surface area (Å²) in [6.07, 6.45) is 8.13. The Hall–Kier alpha value is -3.75. The lowest BCUT2D eigenvalue weighted by molar-refractivity contribution is -0.146. The number of ether oxygens (including phenoxy) is 1. The molecule has 8 heteroatoms. The molecule has 5 atom stereocenters. The summed E-state index contributed by atoms with van der Waals surface area (Å²) in [5.74, 6) is -2.06. The van der Waals surface area contributed by atoms with Crippen LogP contribution in [0.1, 0.15) is 63.0 Å². The van der Waals surface area contributed by atoms with Crippen LogP contribution in [0.5, 0.6) is 0 Å². The molecule has 0 radical (unpaired) electrons. The van der Waals surface area contributed by atoms with Gasteiger partial charge in [-0.25, -0.2) is 0 Å². The van der Waals surface area contributed by atoms with Crippen molar-refractivity contribution in [1.82, 2.24) is 4.90 Å². The van der Waals surface area contributed by atoms with E-state index in [0.717, 1.165) is 35.3 Å². The summed E-state index contributed by atoms with van der Waals surface area (Å²) in [5.41, 5.74) is 1.50. The number of carbonyl (C=O) groups is 3. The minimum absolute atomic E-state index is 0.126. The molecule has 46 heavy (non-hydrogen) atoms. The van der Waals surface area contributed by atoms with Crippen molar-refractivity contribution >= 4 is 29.1 Å². The van der Waals surface area contributed by atoms with Crippen molar-refractivity contribution in [2.24, 2.45) is 11.8 Å². The predicted molar refractivity (Wildman–Crippen MR) is 182 cm³/mol. The monoisotopic (exact) mass is 627 g/mol. The van der Waals surface area contributed by atoms with E-state index in [0.29, 0.717) is 45.2 Å². The summed E-state index contributed by atoms with van der Waals surface area (Å²) in [5, 5.41) is 9.29. The Labute approximate surface area is 273 Å². The van der Waals surface area contributed by atoms with E-state index >= 15 is 4.79 Å². The third kappa shape index (κ3) is 5.60. The number of fused-ring (bicyclic) bond motifs is 1. The molecular formula is C38H49N3O5. The number of anilines is 2. The van der Waals surface area contributed by atoms with E-state index in [1.807, 2.05) is 69.3 Å². The number of rotatable bonds is 15. The predicted octanol–water partition coefficient (Wildman–Crippen LogP) is 5.75. The second kappa shape index (κ2) is 13.9. The van der Waals surface area contributed by atoms with E-state index < -0.39 is 29.1 Å². The summed E-state index contributed by atoms with van der Waals surface area (Å²) in [7, 11) is 0. The molecule has 3 fully saturated rings. The smallest absolute Gasteiger partial charge is 0.253 e. The standard InChI is InChI=1S/C38H49N3O5/c1-6-23-39(29-19-12-11-13-20-29)34(43)30-31-35(44)41(25-14-9-10-15-26-42)33(38(31)22-21-37(30,8-3)46-38)36(45)40(24-7-2)32-27(4)17-16-18-28(32)5/h6-7,11-13,16-20,30-31,33,42H,1-2,8-10,14-15,21-26H2,3-5H3/t30-,31+,33?,37+,38?/m1/s1. The molecule has 5 rings (SSSR count). The molecule has 8 nitrogen and oxygen atoms in total. The maximum Gasteiger partial charge on any atom is 0.253 e. The van der Waals surface area contributed by atoms with Crippen LogP contribution in [0.25, 0.3) is 0 Å². The molecule has 3 aliphatic heterocycles. The highest BCUT2D eigenvalue weighted by Gasteiger charge is 2.79. The number of hydrogen-bond acceptors (Lipinski definition) is 5. The number of amides is 3. The van der Waals surface area contributed by atoms with Crippen molar-refractivity contribution in [3.8, 4) is 0 Å². The maximum absolute atomic E-state index is 15.0. The van der Waals surface area contributed by atoms with Crippen molar-refractivity contribution < 1.29 is 24.2 Å². The minimum atomic E-state index is -1.12. The fourth-order valence-corrected chi connectivity index (χ4v) is 8.39. The van der Waals surface area contributed by atoms with Gasteiger partial charge in [0.25, 0.3) is 5.91 Å². The number of aliphatic hydroxyl groups is 1. The number of aliphatic hydroxyl groups excluding tert-OH is 1. The highest BCUT2D eigenvalue weighted by Crippen LogP contribution is 2.65. The largest absolute Gasteiger partial charge is 0.396 e. The molecule has 246 valence electrons. The SMILES string of the molecule is C=CCN(C(=O)[C@H]1[C@H]2C(=O)N(CCCCCCO)C(C(=O)N(CC=C)c3c(C)cccc3C)C23CC[C@]1(CC)O3)c1ccccc1. The fourth-order valence-electron chi connectivity index (χ4n) is 8.39. The fraction of sp³-hybridized carbons (Fsp3) is 0.500. The summed E-state index contributed by atoms with van der Waals surface area (Å²) in [6, 6.07) is 14.5. The van der Waals surface area contributed by atoms with E-state index in [1.54, 1.807) is 26.9 Å². The normalized spacial score (nSPS) is 26.2. The van der Waals surface area contributed by atoms with Crippen LogP contribution in [-0.4, -0.2) is 71.2 Å². The third-order valence-electron chi connectivity index (χ3n) is 10.4. The van der Waals surface area contributed by atoms with Crippen LogP contribution in [0.15, 0.2) is 73.8 Å². The van der Waals surface area contributed by atoms with E-state index in [4.69, 9.17) is 4.74 Å². The van der Waals surface area contributed by atoms with Crippen LogP contribution in [-0.2, 0) is 19.1 Å². The molecule has 0 aliphatic carbocycles. The molecule has 3 amide bonds. The van der Waals surface area contributed by atoms with Crippen LogP contribution in [0.3, 0.4) is 0 Å². The zero-order valence-electron chi connectivity index (χ0n) is 27.6. The van der Waals surface area contributed by atoms with Gasteiger partial charge in [-0.1, -0.05) is 68.3 Å². The highest BCUT2D eigenvalue weighted by atomic mass is 16.5. The Balaban J connectivity index is 1.60.